The summed E-state index contributed by atoms with van der Waals surface area (Å²) >= 11 is 0. The summed E-state index contributed by atoms with van der Waals surface area (Å²) in [6.07, 6.45) is 0.962. The average molecular weight is 308 g/mol. The number of carbonyl (C=O) groups is 1. The molecular weight excluding hydrogens is 284 g/mol. The van der Waals surface area contributed by atoms with Crippen LogP contribution in [-0.2, 0) is 17.8 Å². The summed E-state index contributed by atoms with van der Waals surface area (Å²) < 4.78 is 0. The molecule has 3 heteroatoms. The number of rotatable bonds is 4. The molecule has 2 aromatic rings. The maximum atomic E-state index is 12.0. The molecule has 2 N–H and O–H groups in total. The lowest BCUT2D eigenvalue weighted by Gasteiger charge is -2.35. The first-order valence-corrected chi connectivity index (χ1v) is 8.26. The van der Waals surface area contributed by atoms with Gasteiger partial charge in [0.15, 0.2) is 0 Å². The van der Waals surface area contributed by atoms with Crippen LogP contribution in [0.5, 0.6) is 0 Å². The van der Waals surface area contributed by atoms with Gasteiger partial charge in [0, 0.05) is 13.1 Å². The zero-order chi connectivity index (χ0) is 16.4. The van der Waals surface area contributed by atoms with Crippen molar-refractivity contribution in [3.05, 3.63) is 70.8 Å². The van der Waals surface area contributed by atoms with Crippen LogP contribution in [0.2, 0.25) is 0 Å². The van der Waals surface area contributed by atoms with Gasteiger partial charge in [0.1, 0.15) is 6.04 Å². The molecule has 0 aliphatic carbocycles. The first-order valence-electron chi connectivity index (χ1n) is 8.26. The summed E-state index contributed by atoms with van der Waals surface area (Å²) in [4.78, 5) is 14.2. The number of benzene rings is 2. The Kier molecular flexibility index (Phi) is 4.49. The summed E-state index contributed by atoms with van der Waals surface area (Å²) in [6, 6.07) is 16.5. The predicted molar refractivity (Wildman–Crippen MR) is 93.0 cm³/mol. The van der Waals surface area contributed by atoms with Crippen LogP contribution in [0.1, 0.15) is 48.1 Å². The molecule has 3 nitrogen and oxygen atoms in total. The van der Waals surface area contributed by atoms with Gasteiger partial charge >= 0.3 is 0 Å². The highest BCUT2D eigenvalue weighted by Gasteiger charge is 2.31. The van der Waals surface area contributed by atoms with Gasteiger partial charge in [-0.25, -0.2) is 0 Å². The molecule has 120 valence electrons. The minimum Gasteiger partial charge on any atom is -0.368 e. The Hall–Kier alpha value is -2.13. The maximum Gasteiger partial charge on any atom is 0.239 e. The van der Waals surface area contributed by atoms with E-state index in [9.17, 15) is 4.79 Å². The summed E-state index contributed by atoms with van der Waals surface area (Å²) in [5.41, 5.74) is 10.6. The number of hydrogen-bond acceptors (Lipinski definition) is 2. The zero-order valence-corrected chi connectivity index (χ0v) is 13.8. The first-order chi connectivity index (χ1) is 11.1. The lowest BCUT2D eigenvalue weighted by atomic mass is 9.91. The number of nitrogens with two attached hydrogens (primary N) is 1. The van der Waals surface area contributed by atoms with E-state index >= 15 is 0 Å². The fourth-order valence-corrected chi connectivity index (χ4v) is 3.36. The van der Waals surface area contributed by atoms with Crippen molar-refractivity contribution >= 4 is 5.91 Å². The van der Waals surface area contributed by atoms with Gasteiger partial charge in [0.05, 0.1) is 0 Å². The topological polar surface area (TPSA) is 46.3 Å². The van der Waals surface area contributed by atoms with E-state index in [1.807, 2.05) is 18.2 Å². The van der Waals surface area contributed by atoms with Crippen LogP contribution in [0.15, 0.2) is 48.5 Å². The second kappa shape index (κ2) is 6.55. The van der Waals surface area contributed by atoms with Gasteiger partial charge in [0.25, 0.3) is 0 Å². The molecule has 1 aliphatic heterocycles. The van der Waals surface area contributed by atoms with Crippen molar-refractivity contribution < 1.29 is 4.79 Å². The van der Waals surface area contributed by atoms with Crippen molar-refractivity contribution in [3.8, 4) is 0 Å². The Morgan fingerprint density at radius 2 is 1.87 bits per heavy atom. The summed E-state index contributed by atoms with van der Waals surface area (Å²) in [6.45, 7) is 6.00. The zero-order valence-electron chi connectivity index (χ0n) is 13.8. The van der Waals surface area contributed by atoms with Crippen LogP contribution in [0.3, 0.4) is 0 Å². The van der Waals surface area contributed by atoms with Crippen LogP contribution >= 0.6 is 0 Å². The average Bonchev–Trinajstić information content (AvgIpc) is 2.54. The molecule has 1 amide bonds. The minimum atomic E-state index is -0.329. The normalized spacial score (nSPS) is 18.0. The van der Waals surface area contributed by atoms with E-state index in [4.69, 9.17) is 5.73 Å². The molecule has 0 radical (unpaired) electrons. The third-order valence-corrected chi connectivity index (χ3v) is 4.68. The van der Waals surface area contributed by atoms with Crippen LogP contribution < -0.4 is 5.73 Å². The number of primary amides is 1. The van der Waals surface area contributed by atoms with Crippen molar-refractivity contribution in [2.24, 2.45) is 5.73 Å². The number of hydrogen-bond donors (Lipinski definition) is 1. The predicted octanol–water partition coefficient (Wildman–Crippen LogP) is 3.39. The standard InChI is InChI=1S/C20H24N2O/c1-14(2)16-9-7-15(8-10-16)13-22-12-11-17-5-3-4-6-18(17)19(22)20(21)23/h3-10,14,19H,11-13H2,1-2H3,(H2,21,23). The highest BCUT2D eigenvalue weighted by Crippen LogP contribution is 2.30. The van der Waals surface area contributed by atoms with Crippen LogP contribution in [-0.4, -0.2) is 17.4 Å². The maximum absolute atomic E-state index is 12.0. The second-order valence-electron chi connectivity index (χ2n) is 6.62. The Morgan fingerprint density at radius 3 is 2.52 bits per heavy atom. The third kappa shape index (κ3) is 3.30. The van der Waals surface area contributed by atoms with Crippen molar-refractivity contribution in [1.29, 1.82) is 0 Å². The fraction of sp³-hybridized carbons (Fsp3) is 0.350. The van der Waals surface area contributed by atoms with Gasteiger partial charge in [0.2, 0.25) is 5.91 Å². The Morgan fingerprint density at radius 1 is 1.17 bits per heavy atom. The van der Waals surface area contributed by atoms with Crippen molar-refractivity contribution in [1.82, 2.24) is 4.90 Å². The number of carbonyl (C=O) groups excluding carboxylic acids is 1. The number of nitrogens with zero attached hydrogens (tertiary/aromatic N) is 1. The van der Waals surface area contributed by atoms with Crippen LogP contribution in [0.25, 0.3) is 0 Å². The van der Waals surface area contributed by atoms with E-state index in [2.05, 4.69) is 49.1 Å². The van der Waals surface area contributed by atoms with Gasteiger partial charge in [-0.05, 0) is 34.6 Å². The van der Waals surface area contributed by atoms with E-state index in [0.717, 1.165) is 25.1 Å². The van der Waals surface area contributed by atoms with Gasteiger partial charge in [-0.2, -0.15) is 0 Å². The Bertz CT molecular complexity index is 691. The molecular formula is C20H24N2O. The summed E-state index contributed by atoms with van der Waals surface area (Å²) in [5, 5.41) is 0. The molecule has 0 spiro atoms. The Labute approximate surface area is 138 Å². The lowest BCUT2D eigenvalue weighted by Crippen LogP contribution is -2.42. The van der Waals surface area contributed by atoms with Gasteiger partial charge < -0.3 is 5.73 Å². The second-order valence-corrected chi connectivity index (χ2v) is 6.62. The van der Waals surface area contributed by atoms with E-state index in [-0.39, 0.29) is 11.9 Å². The highest BCUT2D eigenvalue weighted by molar-refractivity contribution is 5.82. The third-order valence-electron chi connectivity index (χ3n) is 4.68. The molecule has 3 rings (SSSR count). The van der Waals surface area contributed by atoms with Crippen LogP contribution in [0.4, 0.5) is 0 Å². The molecule has 23 heavy (non-hydrogen) atoms. The van der Waals surface area contributed by atoms with E-state index in [1.54, 1.807) is 0 Å². The molecule has 1 unspecified atom stereocenters. The molecule has 0 bridgehead atoms. The van der Waals surface area contributed by atoms with E-state index in [0.29, 0.717) is 5.92 Å². The monoisotopic (exact) mass is 308 g/mol. The first kappa shape index (κ1) is 15.8. The van der Waals surface area contributed by atoms with Gasteiger partial charge in [-0.1, -0.05) is 62.4 Å². The number of amides is 1. The highest BCUT2D eigenvalue weighted by atomic mass is 16.1. The van der Waals surface area contributed by atoms with Crippen molar-refractivity contribution in [2.75, 3.05) is 6.54 Å². The summed E-state index contributed by atoms with van der Waals surface area (Å²) in [5.74, 6) is 0.264. The van der Waals surface area contributed by atoms with E-state index in [1.165, 1.54) is 16.7 Å². The molecule has 1 atom stereocenters. The minimum absolute atomic E-state index is 0.268. The van der Waals surface area contributed by atoms with E-state index < -0.39 is 0 Å². The molecule has 0 aromatic heterocycles. The number of fused-ring (bicyclic) bond motifs is 1. The largest absolute Gasteiger partial charge is 0.368 e. The fourth-order valence-electron chi connectivity index (χ4n) is 3.36. The molecule has 0 saturated carbocycles. The molecule has 1 heterocycles. The molecule has 0 saturated heterocycles. The van der Waals surface area contributed by atoms with Crippen molar-refractivity contribution in [2.45, 2.75) is 38.8 Å². The molecule has 2 aromatic carbocycles. The summed E-state index contributed by atoms with van der Waals surface area (Å²) in [7, 11) is 0. The van der Waals surface area contributed by atoms with Gasteiger partial charge in [-0.3, -0.25) is 9.69 Å². The molecule has 0 fully saturated rings. The van der Waals surface area contributed by atoms with Crippen LogP contribution in [0, 0.1) is 0 Å². The SMILES string of the molecule is CC(C)c1ccc(CN2CCc3ccccc3C2C(N)=O)cc1. The van der Waals surface area contributed by atoms with Crippen molar-refractivity contribution in [3.63, 3.8) is 0 Å². The Balaban J connectivity index is 1.83. The van der Waals surface area contributed by atoms with Gasteiger partial charge in [-0.15, -0.1) is 0 Å². The molecule has 1 aliphatic rings. The lowest BCUT2D eigenvalue weighted by molar-refractivity contribution is -0.124. The quantitative estimate of drug-likeness (QED) is 0.941. The smallest absolute Gasteiger partial charge is 0.239 e.